The van der Waals surface area contributed by atoms with Gasteiger partial charge in [0.25, 0.3) is 0 Å². The minimum Gasteiger partial charge on any atom is -0.394 e. The van der Waals surface area contributed by atoms with Crippen LogP contribution in [0, 0.1) is 5.82 Å². The number of aromatic nitrogens is 3. The van der Waals surface area contributed by atoms with Crippen LogP contribution in [0.15, 0.2) is 73.6 Å². The molecule has 0 bridgehead atoms. The molecule has 1 amide bonds. The number of aliphatic hydroxyl groups is 1. The van der Waals surface area contributed by atoms with E-state index in [1.165, 1.54) is 12.3 Å². The van der Waals surface area contributed by atoms with Crippen LogP contribution in [0.4, 0.5) is 27.4 Å². The highest BCUT2D eigenvalue weighted by atomic mass is 19.1. The van der Waals surface area contributed by atoms with Crippen molar-refractivity contribution >= 4 is 39.8 Å². The van der Waals surface area contributed by atoms with Gasteiger partial charge >= 0.3 is 0 Å². The smallest absolute Gasteiger partial charge is 0.247 e. The van der Waals surface area contributed by atoms with Gasteiger partial charge in [-0.2, -0.15) is 0 Å². The Kier molecular flexibility index (Phi) is 7.02. The monoisotopic (exact) mass is 500 g/mol. The second-order valence-electron chi connectivity index (χ2n) is 8.47. The minimum absolute atomic E-state index is 0.0126. The first-order valence-corrected chi connectivity index (χ1v) is 11.7. The largest absolute Gasteiger partial charge is 0.394 e. The predicted octanol–water partition coefficient (Wildman–Crippen LogP) is 3.90. The van der Waals surface area contributed by atoms with Gasteiger partial charge in [-0.1, -0.05) is 6.58 Å². The van der Waals surface area contributed by atoms with E-state index >= 15 is 4.39 Å². The normalized spacial score (nSPS) is 15.4. The van der Waals surface area contributed by atoms with Gasteiger partial charge in [0, 0.05) is 47.9 Å². The number of nitrogens with one attached hydrogen (secondary N) is 2. The summed E-state index contributed by atoms with van der Waals surface area (Å²) in [6.45, 7) is 5.36. The van der Waals surface area contributed by atoms with Gasteiger partial charge in [0.1, 0.15) is 5.82 Å². The first-order chi connectivity index (χ1) is 18.0. The van der Waals surface area contributed by atoms with E-state index in [-0.39, 0.29) is 24.2 Å². The number of amides is 1. The standard InChI is InChI=1S/C27H25FN6O3/c1-2-24(36)31-19-9-10-29-23(13-19)25-22(28)8-3-17-14-30-27(33-26(17)25)32-18-4-6-20(7-5-18)34-11-12-37-21(15-34)16-35/h2-10,13-14,21,35H,1,11-12,15-16H2,(H,29,31,36)(H,30,32,33)/t21-/m1/s1. The molecule has 0 spiro atoms. The number of rotatable bonds is 7. The number of carbonyl (C=O) groups excluding carboxylic acids is 1. The van der Waals surface area contributed by atoms with E-state index in [4.69, 9.17) is 4.74 Å². The minimum atomic E-state index is -0.493. The van der Waals surface area contributed by atoms with Crippen LogP contribution in [0.2, 0.25) is 0 Å². The number of benzene rings is 2. The number of carbonyl (C=O) groups is 1. The lowest BCUT2D eigenvalue weighted by Gasteiger charge is -2.33. The molecule has 37 heavy (non-hydrogen) atoms. The van der Waals surface area contributed by atoms with Crippen molar-refractivity contribution in [3.63, 3.8) is 0 Å². The van der Waals surface area contributed by atoms with Crippen molar-refractivity contribution in [3.05, 3.63) is 79.4 Å². The molecule has 0 saturated carbocycles. The maximum Gasteiger partial charge on any atom is 0.247 e. The van der Waals surface area contributed by atoms with Crippen molar-refractivity contribution in [3.8, 4) is 11.3 Å². The molecule has 1 saturated heterocycles. The second-order valence-corrected chi connectivity index (χ2v) is 8.47. The zero-order valence-corrected chi connectivity index (χ0v) is 19.9. The van der Waals surface area contributed by atoms with Gasteiger partial charge in [-0.05, 0) is 54.6 Å². The molecule has 2 aromatic heterocycles. The molecule has 1 aliphatic rings. The lowest BCUT2D eigenvalue weighted by molar-refractivity contribution is -0.111. The summed E-state index contributed by atoms with van der Waals surface area (Å²) in [5, 5.41) is 15.9. The Labute approximate surface area is 212 Å². The van der Waals surface area contributed by atoms with Crippen LogP contribution >= 0.6 is 0 Å². The average Bonchev–Trinajstić information content (AvgIpc) is 2.93. The Hall–Kier alpha value is -4.41. The predicted molar refractivity (Wildman–Crippen MR) is 140 cm³/mol. The number of anilines is 4. The number of fused-ring (bicyclic) bond motifs is 1. The van der Waals surface area contributed by atoms with Crippen molar-refractivity contribution in [1.82, 2.24) is 15.0 Å². The molecule has 1 aliphatic heterocycles. The van der Waals surface area contributed by atoms with Gasteiger partial charge in [0.15, 0.2) is 0 Å². The van der Waals surface area contributed by atoms with Crippen LogP contribution in [0.3, 0.4) is 0 Å². The summed E-state index contributed by atoms with van der Waals surface area (Å²) in [7, 11) is 0. The van der Waals surface area contributed by atoms with Crippen molar-refractivity contribution in [2.75, 3.05) is 41.8 Å². The summed E-state index contributed by atoms with van der Waals surface area (Å²) in [5.41, 5.74) is 3.16. The summed E-state index contributed by atoms with van der Waals surface area (Å²) in [6.07, 6.45) is 4.07. The van der Waals surface area contributed by atoms with Gasteiger partial charge in [-0.15, -0.1) is 0 Å². The average molecular weight is 501 g/mol. The van der Waals surface area contributed by atoms with Gasteiger partial charge in [0.05, 0.1) is 36.1 Å². The van der Waals surface area contributed by atoms with E-state index < -0.39 is 5.82 Å². The number of halogens is 1. The zero-order chi connectivity index (χ0) is 25.8. The lowest BCUT2D eigenvalue weighted by atomic mass is 10.1. The van der Waals surface area contributed by atoms with E-state index in [0.717, 1.165) is 24.0 Å². The van der Waals surface area contributed by atoms with Crippen molar-refractivity contribution in [2.24, 2.45) is 0 Å². The molecular weight excluding hydrogens is 475 g/mol. The first kappa shape index (κ1) is 24.3. The van der Waals surface area contributed by atoms with Gasteiger partial charge in [-0.25, -0.2) is 14.4 Å². The molecule has 10 heteroatoms. The molecule has 9 nitrogen and oxygen atoms in total. The van der Waals surface area contributed by atoms with Crippen LogP contribution < -0.4 is 15.5 Å². The summed E-state index contributed by atoms with van der Waals surface area (Å²) < 4.78 is 20.6. The van der Waals surface area contributed by atoms with Crippen LogP contribution in [0.5, 0.6) is 0 Å². The SMILES string of the molecule is C=CC(=O)Nc1ccnc(-c2c(F)ccc3cnc(Nc4ccc(N5CCO[C@@H](CO)C5)cc4)nc23)c1. The second kappa shape index (κ2) is 10.7. The topological polar surface area (TPSA) is 112 Å². The molecule has 3 heterocycles. The Bertz CT molecular complexity index is 1450. The fourth-order valence-corrected chi connectivity index (χ4v) is 4.16. The summed E-state index contributed by atoms with van der Waals surface area (Å²) >= 11 is 0. The molecule has 188 valence electrons. The number of nitrogens with zero attached hydrogens (tertiary/aromatic N) is 4. The maximum atomic E-state index is 15.0. The van der Waals surface area contributed by atoms with Gasteiger partial charge < -0.3 is 25.4 Å². The van der Waals surface area contributed by atoms with Crippen LogP contribution in [-0.2, 0) is 9.53 Å². The van der Waals surface area contributed by atoms with E-state index in [2.05, 4.69) is 37.1 Å². The van der Waals surface area contributed by atoms with E-state index in [1.54, 1.807) is 24.4 Å². The van der Waals surface area contributed by atoms with Crippen molar-refractivity contribution in [1.29, 1.82) is 0 Å². The zero-order valence-electron chi connectivity index (χ0n) is 19.9. The fraction of sp³-hybridized carbons (Fsp3) is 0.185. The van der Waals surface area contributed by atoms with Crippen molar-refractivity contribution < 1.29 is 19.0 Å². The van der Waals surface area contributed by atoms with Crippen LogP contribution in [-0.4, -0.2) is 58.4 Å². The number of hydrogen-bond donors (Lipinski definition) is 3. The van der Waals surface area contributed by atoms with E-state index in [9.17, 15) is 9.90 Å². The van der Waals surface area contributed by atoms with E-state index in [1.807, 2.05) is 24.3 Å². The highest BCUT2D eigenvalue weighted by Gasteiger charge is 2.20. The third-order valence-electron chi connectivity index (χ3n) is 6.00. The molecule has 5 rings (SSSR count). The molecule has 2 aromatic carbocycles. The summed E-state index contributed by atoms with van der Waals surface area (Å²) in [5.74, 6) is -0.569. The number of hydrogen-bond acceptors (Lipinski definition) is 8. The highest BCUT2D eigenvalue weighted by Crippen LogP contribution is 2.31. The van der Waals surface area contributed by atoms with E-state index in [0.29, 0.717) is 41.4 Å². The molecular formula is C27H25FN6O3. The molecule has 4 aromatic rings. The first-order valence-electron chi connectivity index (χ1n) is 11.7. The van der Waals surface area contributed by atoms with Gasteiger partial charge in [-0.3, -0.25) is 9.78 Å². The summed E-state index contributed by atoms with van der Waals surface area (Å²) in [4.78, 5) is 27.1. The Balaban J connectivity index is 1.42. The third kappa shape index (κ3) is 5.40. The Morgan fingerprint density at radius 3 is 2.81 bits per heavy atom. The molecule has 1 atom stereocenters. The maximum absolute atomic E-state index is 15.0. The molecule has 0 aliphatic carbocycles. The number of ether oxygens (including phenoxy) is 1. The van der Waals surface area contributed by atoms with Crippen LogP contribution in [0.1, 0.15) is 0 Å². The van der Waals surface area contributed by atoms with Crippen LogP contribution in [0.25, 0.3) is 22.2 Å². The fourth-order valence-electron chi connectivity index (χ4n) is 4.16. The number of aliphatic hydroxyl groups excluding tert-OH is 1. The summed E-state index contributed by atoms with van der Waals surface area (Å²) in [6, 6.07) is 13.9. The molecule has 3 N–H and O–H groups in total. The quantitative estimate of drug-likeness (QED) is 0.328. The van der Waals surface area contributed by atoms with Gasteiger partial charge in [0.2, 0.25) is 11.9 Å². The van der Waals surface area contributed by atoms with Crippen molar-refractivity contribution in [2.45, 2.75) is 6.10 Å². The molecule has 0 radical (unpaired) electrons. The lowest BCUT2D eigenvalue weighted by Crippen LogP contribution is -2.44. The highest BCUT2D eigenvalue weighted by molar-refractivity contribution is 6.00. The number of morpholine rings is 1. The third-order valence-corrected chi connectivity index (χ3v) is 6.00. The molecule has 1 fully saturated rings. The Morgan fingerprint density at radius 2 is 2.03 bits per heavy atom. The Morgan fingerprint density at radius 1 is 1.19 bits per heavy atom. The number of pyridine rings is 1. The molecule has 0 unspecified atom stereocenters.